The summed E-state index contributed by atoms with van der Waals surface area (Å²) in [6.07, 6.45) is 7.52. The molecule has 4 N–H and O–H groups in total. The van der Waals surface area contributed by atoms with E-state index in [-0.39, 0.29) is 17.8 Å². The average molecular weight is 407 g/mol. The SMILES string of the molecule is N#Cc1cnc(Nc2cc(-c3c(F)cccc3O[C@H]3CCCC[C@H](N)C3)[nH]n2)cn1. The van der Waals surface area contributed by atoms with Crippen molar-refractivity contribution in [3.8, 4) is 23.1 Å². The molecular weight excluding hydrogens is 385 g/mol. The first-order valence-electron chi connectivity index (χ1n) is 9.88. The van der Waals surface area contributed by atoms with E-state index >= 15 is 0 Å². The van der Waals surface area contributed by atoms with Gasteiger partial charge < -0.3 is 15.8 Å². The average Bonchev–Trinajstić information content (AvgIpc) is 3.09. The Morgan fingerprint density at radius 1 is 1.20 bits per heavy atom. The number of aromatic nitrogens is 4. The number of benzene rings is 1. The molecule has 1 fully saturated rings. The molecule has 2 atom stereocenters. The van der Waals surface area contributed by atoms with Crippen LogP contribution in [-0.4, -0.2) is 32.3 Å². The molecule has 1 aliphatic rings. The zero-order chi connectivity index (χ0) is 20.9. The Balaban J connectivity index is 1.56. The summed E-state index contributed by atoms with van der Waals surface area (Å²) in [5.41, 5.74) is 7.16. The van der Waals surface area contributed by atoms with Crippen LogP contribution in [-0.2, 0) is 0 Å². The van der Waals surface area contributed by atoms with Crippen LogP contribution < -0.4 is 15.8 Å². The highest BCUT2D eigenvalue weighted by atomic mass is 19.1. The summed E-state index contributed by atoms with van der Waals surface area (Å²) in [4.78, 5) is 8.05. The Bertz CT molecular complexity index is 1040. The molecule has 0 unspecified atom stereocenters. The number of anilines is 2. The fraction of sp³-hybridized carbons (Fsp3) is 0.333. The molecule has 3 aromatic rings. The lowest BCUT2D eigenvalue weighted by atomic mass is 10.1. The summed E-state index contributed by atoms with van der Waals surface area (Å²) in [7, 11) is 0. The van der Waals surface area contributed by atoms with Crippen LogP contribution in [0.5, 0.6) is 5.75 Å². The molecule has 2 heterocycles. The summed E-state index contributed by atoms with van der Waals surface area (Å²) in [5, 5.41) is 18.8. The summed E-state index contributed by atoms with van der Waals surface area (Å²) in [6.45, 7) is 0. The van der Waals surface area contributed by atoms with E-state index in [0.29, 0.717) is 28.6 Å². The predicted molar refractivity (Wildman–Crippen MR) is 109 cm³/mol. The Labute approximate surface area is 173 Å². The van der Waals surface area contributed by atoms with Crippen molar-refractivity contribution in [3.05, 3.63) is 48.2 Å². The molecule has 1 aliphatic carbocycles. The van der Waals surface area contributed by atoms with Crippen LogP contribution in [0.25, 0.3) is 11.3 Å². The summed E-state index contributed by atoms with van der Waals surface area (Å²) in [5.74, 6) is 0.917. The second kappa shape index (κ2) is 8.88. The number of ether oxygens (including phenoxy) is 1. The molecule has 154 valence electrons. The molecule has 0 amide bonds. The van der Waals surface area contributed by atoms with Crippen molar-refractivity contribution in [2.75, 3.05) is 5.32 Å². The lowest BCUT2D eigenvalue weighted by Crippen LogP contribution is -2.27. The summed E-state index contributed by atoms with van der Waals surface area (Å²) < 4.78 is 20.9. The predicted octanol–water partition coefficient (Wildman–Crippen LogP) is 3.66. The van der Waals surface area contributed by atoms with Gasteiger partial charge in [0.15, 0.2) is 11.5 Å². The van der Waals surface area contributed by atoms with E-state index in [1.807, 2.05) is 6.07 Å². The number of hydrogen-bond acceptors (Lipinski definition) is 7. The molecular formula is C21H22FN7O. The van der Waals surface area contributed by atoms with Gasteiger partial charge in [-0.25, -0.2) is 14.4 Å². The quantitative estimate of drug-likeness (QED) is 0.551. The highest BCUT2D eigenvalue weighted by molar-refractivity contribution is 5.71. The largest absolute Gasteiger partial charge is 0.490 e. The number of halogens is 1. The summed E-state index contributed by atoms with van der Waals surface area (Å²) >= 11 is 0. The number of rotatable bonds is 5. The van der Waals surface area contributed by atoms with Crippen LogP contribution in [0, 0.1) is 17.1 Å². The molecule has 30 heavy (non-hydrogen) atoms. The van der Waals surface area contributed by atoms with E-state index in [1.165, 1.54) is 18.5 Å². The van der Waals surface area contributed by atoms with Crippen molar-refractivity contribution in [2.24, 2.45) is 5.73 Å². The smallest absolute Gasteiger partial charge is 0.158 e. The van der Waals surface area contributed by atoms with Crippen LogP contribution in [0.4, 0.5) is 16.0 Å². The van der Waals surface area contributed by atoms with E-state index in [0.717, 1.165) is 32.1 Å². The van der Waals surface area contributed by atoms with Gasteiger partial charge in [-0.2, -0.15) is 10.4 Å². The normalized spacial score (nSPS) is 19.0. The minimum Gasteiger partial charge on any atom is -0.490 e. The number of hydrogen-bond donors (Lipinski definition) is 3. The maximum absolute atomic E-state index is 14.7. The first-order valence-corrected chi connectivity index (χ1v) is 9.88. The number of nitrogens with one attached hydrogen (secondary N) is 2. The second-order valence-electron chi connectivity index (χ2n) is 7.32. The van der Waals surface area contributed by atoms with Crippen molar-refractivity contribution in [2.45, 2.75) is 44.2 Å². The number of nitrogens with zero attached hydrogens (tertiary/aromatic N) is 4. The van der Waals surface area contributed by atoms with Gasteiger partial charge in [0.2, 0.25) is 0 Å². The van der Waals surface area contributed by atoms with E-state index in [4.69, 9.17) is 15.7 Å². The molecule has 0 bridgehead atoms. The Morgan fingerprint density at radius 2 is 2.07 bits per heavy atom. The van der Waals surface area contributed by atoms with Gasteiger partial charge in [-0.05, 0) is 37.8 Å². The van der Waals surface area contributed by atoms with Crippen molar-refractivity contribution >= 4 is 11.6 Å². The van der Waals surface area contributed by atoms with E-state index in [9.17, 15) is 4.39 Å². The van der Waals surface area contributed by atoms with Gasteiger partial charge >= 0.3 is 0 Å². The van der Waals surface area contributed by atoms with Gasteiger partial charge in [0.05, 0.1) is 23.7 Å². The van der Waals surface area contributed by atoms with Gasteiger partial charge in [-0.3, -0.25) is 5.10 Å². The molecule has 0 aliphatic heterocycles. The number of nitriles is 1. The second-order valence-corrected chi connectivity index (χ2v) is 7.32. The van der Waals surface area contributed by atoms with Crippen molar-refractivity contribution in [1.29, 1.82) is 5.26 Å². The van der Waals surface area contributed by atoms with Gasteiger partial charge in [-0.1, -0.05) is 12.5 Å². The van der Waals surface area contributed by atoms with Gasteiger partial charge in [0, 0.05) is 12.1 Å². The van der Waals surface area contributed by atoms with Crippen LogP contribution in [0.15, 0.2) is 36.7 Å². The first kappa shape index (κ1) is 19.8. The third kappa shape index (κ3) is 4.55. The topological polar surface area (TPSA) is 126 Å². The van der Waals surface area contributed by atoms with Crippen molar-refractivity contribution < 1.29 is 9.13 Å². The highest BCUT2D eigenvalue weighted by Gasteiger charge is 2.22. The third-order valence-electron chi connectivity index (χ3n) is 5.06. The minimum absolute atomic E-state index is 0.0440. The monoisotopic (exact) mass is 407 g/mol. The van der Waals surface area contributed by atoms with Gasteiger partial charge in [0.25, 0.3) is 0 Å². The Morgan fingerprint density at radius 3 is 2.87 bits per heavy atom. The Kier molecular flexibility index (Phi) is 5.86. The zero-order valence-corrected chi connectivity index (χ0v) is 16.3. The number of aromatic amines is 1. The molecule has 9 heteroatoms. The first-order chi connectivity index (χ1) is 14.6. The van der Waals surface area contributed by atoms with Crippen LogP contribution in [0.3, 0.4) is 0 Å². The molecule has 0 spiro atoms. The minimum atomic E-state index is -0.404. The van der Waals surface area contributed by atoms with Gasteiger partial charge in [0.1, 0.15) is 29.6 Å². The van der Waals surface area contributed by atoms with Crippen molar-refractivity contribution in [3.63, 3.8) is 0 Å². The van der Waals surface area contributed by atoms with Crippen molar-refractivity contribution in [1.82, 2.24) is 20.2 Å². The lowest BCUT2D eigenvalue weighted by Gasteiger charge is -2.21. The molecule has 4 rings (SSSR count). The standard InChI is InChI=1S/C21H22FN7O/c22-16-6-3-7-18(30-15-5-2-1-4-13(24)8-15)21(16)17-9-19(29-28-17)27-20-12-25-14(10-23)11-26-20/h3,6-7,9,11-13,15H,1-2,4-5,8,24H2,(H2,26,27,28,29)/t13-,15-/m0/s1. The number of H-pyrrole nitrogens is 1. The maximum atomic E-state index is 14.7. The molecule has 1 saturated carbocycles. The summed E-state index contributed by atoms with van der Waals surface area (Å²) in [6, 6.07) is 8.46. The lowest BCUT2D eigenvalue weighted by molar-refractivity contribution is 0.178. The van der Waals surface area contributed by atoms with Crippen LogP contribution in [0.2, 0.25) is 0 Å². The van der Waals surface area contributed by atoms with E-state index in [2.05, 4.69) is 25.5 Å². The molecule has 2 aromatic heterocycles. The molecule has 1 aromatic carbocycles. The fourth-order valence-corrected chi connectivity index (χ4v) is 3.60. The highest BCUT2D eigenvalue weighted by Crippen LogP contribution is 2.35. The fourth-order valence-electron chi connectivity index (χ4n) is 3.60. The molecule has 8 nitrogen and oxygen atoms in total. The molecule has 0 radical (unpaired) electrons. The van der Waals surface area contributed by atoms with Crippen LogP contribution >= 0.6 is 0 Å². The van der Waals surface area contributed by atoms with E-state index in [1.54, 1.807) is 18.2 Å². The number of nitrogens with two attached hydrogens (primary N) is 1. The molecule has 0 saturated heterocycles. The third-order valence-corrected chi connectivity index (χ3v) is 5.06. The van der Waals surface area contributed by atoms with E-state index < -0.39 is 5.82 Å². The maximum Gasteiger partial charge on any atom is 0.158 e. The Hall–Kier alpha value is -3.51. The van der Waals surface area contributed by atoms with Gasteiger partial charge in [-0.15, -0.1) is 0 Å². The van der Waals surface area contributed by atoms with Crippen LogP contribution in [0.1, 0.15) is 37.8 Å². The zero-order valence-electron chi connectivity index (χ0n) is 16.3.